The Hall–Kier alpha value is -0.610. The lowest BCUT2D eigenvalue weighted by atomic mass is 9.97. The van der Waals surface area contributed by atoms with Crippen LogP contribution in [0.4, 0.5) is 0 Å². The minimum Gasteiger partial charge on any atom is -0.321 e. The van der Waals surface area contributed by atoms with Crippen molar-refractivity contribution in [3.8, 4) is 0 Å². The molecule has 0 aliphatic carbocycles. The Labute approximate surface area is 116 Å². The summed E-state index contributed by atoms with van der Waals surface area (Å²) in [6, 6.07) is 1.07. The van der Waals surface area contributed by atoms with Crippen LogP contribution in [0.15, 0.2) is 0 Å². The largest absolute Gasteiger partial charge is 0.321 e. The lowest BCUT2D eigenvalue weighted by Crippen LogP contribution is -2.49. The zero-order valence-corrected chi connectivity index (χ0v) is 12.5. The molecule has 108 valence electrons. The molecule has 3 aliphatic heterocycles. The molecule has 0 aromatic carbocycles. The maximum atomic E-state index is 12.8. The van der Waals surface area contributed by atoms with Crippen molar-refractivity contribution in [1.82, 2.24) is 15.1 Å². The molecular formula is C15H27N3O. The van der Waals surface area contributed by atoms with E-state index < -0.39 is 0 Å². The van der Waals surface area contributed by atoms with Gasteiger partial charge in [-0.25, -0.2) is 0 Å². The molecular weight excluding hydrogens is 238 g/mol. The van der Waals surface area contributed by atoms with Gasteiger partial charge in [0, 0.05) is 12.6 Å². The van der Waals surface area contributed by atoms with Crippen LogP contribution in [-0.4, -0.2) is 52.6 Å². The van der Waals surface area contributed by atoms with E-state index in [4.69, 9.17) is 0 Å². The third-order valence-electron chi connectivity index (χ3n) is 5.55. The molecule has 0 radical (unpaired) electrons. The molecule has 4 unspecified atom stereocenters. The van der Waals surface area contributed by atoms with Crippen molar-refractivity contribution in [3.05, 3.63) is 0 Å². The maximum Gasteiger partial charge on any atom is 0.244 e. The monoisotopic (exact) mass is 265 g/mol. The number of carbonyl (C=O) groups is 1. The van der Waals surface area contributed by atoms with E-state index in [1.165, 1.54) is 25.9 Å². The van der Waals surface area contributed by atoms with Crippen molar-refractivity contribution >= 4 is 5.91 Å². The topological polar surface area (TPSA) is 35.6 Å². The molecule has 19 heavy (non-hydrogen) atoms. The van der Waals surface area contributed by atoms with Gasteiger partial charge in [0.1, 0.15) is 0 Å². The van der Waals surface area contributed by atoms with Gasteiger partial charge in [0.05, 0.1) is 17.7 Å². The minimum absolute atomic E-state index is 0.239. The van der Waals surface area contributed by atoms with Crippen LogP contribution in [-0.2, 0) is 4.79 Å². The summed E-state index contributed by atoms with van der Waals surface area (Å²) in [5.41, 5.74) is -0.341. The molecule has 3 aliphatic rings. The Kier molecular flexibility index (Phi) is 3.34. The van der Waals surface area contributed by atoms with Gasteiger partial charge in [-0.1, -0.05) is 13.8 Å². The van der Waals surface area contributed by atoms with Crippen molar-refractivity contribution in [2.45, 2.75) is 76.7 Å². The second kappa shape index (κ2) is 4.74. The third kappa shape index (κ3) is 1.91. The zero-order valence-electron chi connectivity index (χ0n) is 12.5. The SMILES string of the molecule is CCC1NC(C)(CC)C(=O)N1C1CCN2CCCC12. The summed E-state index contributed by atoms with van der Waals surface area (Å²) < 4.78 is 0. The van der Waals surface area contributed by atoms with Gasteiger partial charge in [0.25, 0.3) is 0 Å². The highest BCUT2D eigenvalue weighted by molar-refractivity contribution is 5.88. The number of carbonyl (C=O) groups excluding carboxylic acids is 1. The lowest BCUT2D eigenvalue weighted by Gasteiger charge is -2.33. The second-order valence-electron chi connectivity index (χ2n) is 6.57. The molecule has 0 aromatic rings. The van der Waals surface area contributed by atoms with E-state index in [2.05, 4.69) is 35.9 Å². The van der Waals surface area contributed by atoms with Crippen LogP contribution in [0.2, 0.25) is 0 Å². The molecule has 4 atom stereocenters. The average molecular weight is 265 g/mol. The predicted octanol–water partition coefficient (Wildman–Crippen LogP) is 1.56. The summed E-state index contributed by atoms with van der Waals surface area (Å²) in [6.07, 6.45) is 5.86. The van der Waals surface area contributed by atoms with Gasteiger partial charge in [-0.3, -0.25) is 15.0 Å². The Balaban J connectivity index is 1.84. The highest BCUT2D eigenvalue weighted by Gasteiger charge is 2.52. The summed E-state index contributed by atoms with van der Waals surface area (Å²) in [7, 11) is 0. The van der Waals surface area contributed by atoms with E-state index in [-0.39, 0.29) is 11.7 Å². The quantitative estimate of drug-likeness (QED) is 0.841. The van der Waals surface area contributed by atoms with Crippen LogP contribution in [0.3, 0.4) is 0 Å². The number of nitrogens with one attached hydrogen (secondary N) is 1. The first-order valence-corrected chi connectivity index (χ1v) is 7.95. The fourth-order valence-electron chi connectivity index (χ4n) is 4.24. The number of hydrogen-bond acceptors (Lipinski definition) is 3. The molecule has 0 spiro atoms. The van der Waals surface area contributed by atoms with Gasteiger partial charge in [0.2, 0.25) is 5.91 Å². The van der Waals surface area contributed by atoms with Gasteiger partial charge in [-0.2, -0.15) is 0 Å². The standard InChI is InChI=1S/C15H27N3O/c1-4-13-16-15(3,5-2)14(19)18(13)12-8-10-17-9-6-7-11(12)17/h11-13,16H,4-10H2,1-3H3. The predicted molar refractivity (Wildman–Crippen MR) is 75.8 cm³/mol. The van der Waals surface area contributed by atoms with Crippen molar-refractivity contribution in [1.29, 1.82) is 0 Å². The summed E-state index contributed by atoms with van der Waals surface area (Å²) in [5.74, 6) is 0.334. The first kappa shape index (κ1) is 13.4. The van der Waals surface area contributed by atoms with Gasteiger partial charge >= 0.3 is 0 Å². The van der Waals surface area contributed by atoms with Gasteiger partial charge in [-0.05, 0) is 45.6 Å². The molecule has 0 saturated carbocycles. The first-order chi connectivity index (χ1) is 9.10. The molecule has 4 heteroatoms. The summed E-state index contributed by atoms with van der Waals surface area (Å²) in [5, 5.41) is 3.58. The second-order valence-corrected chi connectivity index (χ2v) is 6.57. The van der Waals surface area contributed by atoms with E-state index >= 15 is 0 Å². The Bertz CT molecular complexity index is 372. The molecule has 1 amide bonds. The van der Waals surface area contributed by atoms with Crippen LogP contribution >= 0.6 is 0 Å². The summed E-state index contributed by atoms with van der Waals surface area (Å²) in [6.45, 7) is 8.77. The van der Waals surface area contributed by atoms with E-state index in [9.17, 15) is 4.79 Å². The highest BCUT2D eigenvalue weighted by Crippen LogP contribution is 2.36. The Morgan fingerprint density at radius 3 is 2.74 bits per heavy atom. The van der Waals surface area contributed by atoms with E-state index in [0.29, 0.717) is 18.0 Å². The Morgan fingerprint density at radius 1 is 1.26 bits per heavy atom. The number of hydrogen-bond donors (Lipinski definition) is 1. The van der Waals surface area contributed by atoms with Gasteiger partial charge in [-0.15, -0.1) is 0 Å². The number of fused-ring (bicyclic) bond motifs is 1. The third-order valence-corrected chi connectivity index (χ3v) is 5.55. The van der Waals surface area contributed by atoms with E-state index in [1.54, 1.807) is 0 Å². The van der Waals surface area contributed by atoms with Crippen molar-refractivity contribution in [2.75, 3.05) is 13.1 Å². The van der Waals surface area contributed by atoms with Crippen molar-refractivity contribution < 1.29 is 4.79 Å². The molecule has 3 saturated heterocycles. The fourth-order valence-corrected chi connectivity index (χ4v) is 4.24. The summed E-state index contributed by atoms with van der Waals surface area (Å²) in [4.78, 5) is 17.6. The van der Waals surface area contributed by atoms with E-state index in [1.807, 2.05) is 0 Å². The summed E-state index contributed by atoms with van der Waals surface area (Å²) >= 11 is 0. The minimum atomic E-state index is -0.341. The average Bonchev–Trinajstić information content (AvgIpc) is 3.06. The molecule has 0 aromatic heterocycles. The number of amides is 1. The number of rotatable bonds is 3. The van der Waals surface area contributed by atoms with Crippen LogP contribution in [0.1, 0.15) is 52.9 Å². The molecule has 3 rings (SSSR count). The highest BCUT2D eigenvalue weighted by atomic mass is 16.2. The van der Waals surface area contributed by atoms with Crippen molar-refractivity contribution in [2.24, 2.45) is 0 Å². The number of nitrogens with zero attached hydrogens (tertiary/aromatic N) is 2. The molecule has 0 bridgehead atoms. The van der Waals surface area contributed by atoms with Crippen LogP contribution < -0.4 is 5.32 Å². The van der Waals surface area contributed by atoms with Gasteiger partial charge < -0.3 is 4.90 Å². The smallest absolute Gasteiger partial charge is 0.244 e. The van der Waals surface area contributed by atoms with Crippen LogP contribution in [0.25, 0.3) is 0 Å². The molecule has 3 fully saturated rings. The Morgan fingerprint density at radius 2 is 2.05 bits per heavy atom. The van der Waals surface area contributed by atoms with Crippen LogP contribution in [0, 0.1) is 0 Å². The fraction of sp³-hybridized carbons (Fsp3) is 0.933. The lowest BCUT2D eigenvalue weighted by molar-refractivity contribution is -0.135. The normalized spacial score (nSPS) is 43.2. The molecule has 4 nitrogen and oxygen atoms in total. The van der Waals surface area contributed by atoms with Gasteiger partial charge in [0.15, 0.2) is 0 Å². The van der Waals surface area contributed by atoms with Crippen LogP contribution in [0.5, 0.6) is 0 Å². The first-order valence-electron chi connectivity index (χ1n) is 7.95. The molecule has 1 N–H and O–H groups in total. The molecule has 3 heterocycles. The van der Waals surface area contributed by atoms with Crippen molar-refractivity contribution in [3.63, 3.8) is 0 Å². The zero-order chi connectivity index (χ0) is 13.6. The maximum absolute atomic E-state index is 12.8. The van der Waals surface area contributed by atoms with E-state index in [0.717, 1.165) is 19.3 Å².